The van der Waals surface area contributed by atoms with Crippen LogP contribution in [0.1, 0.15) is 13.3 Å². The highest BCUT2D eigenvalue weighted by atomic mass is 32.2. The average molecular weight is 418 g/mol. The lowest BCUT2D eigenvalue weighted by Gasteiger charge is -2.13. The molecule has 146 valence electrons. The molecule has 1 fully saturated rings. The molecule has 1 saturated heterocycles. The fourth-order valence-electron chi connectivity index (χ4n) is 2.65. The third-order valence-electron chi connectivity index (χ3n) is 4.00. The lowest BCUT2D eigenvalue weighted by Crippen LogP contribution is -2.33. The predicted octanol–water partition coefficient (Wildman–Crippen LogP) is 2.72. The average Bonchev–Trinajstić information content (AvgIpc) is 2.96. The second-order valence-corrected chi connectivity index (χ2v) is 8.74. The second-order valence-electron chi connectivity index (χ2n) is 5.97. The van der Waals surface area contributed by atoms with Gasteiger partial charge in [0.05, 0.1) is 4.90 Å². The van der Waals surface area contributed by atoms with E-state index in [1.54, 1.807) is 49.4 Å². The number of thioether (sulfide) groups is 1. The molecule has 9 heteroatoms. The molecule has 2 amide bonds. The Bertz CT molecular complexity index is 992. The van der Waals surface area contributed by atoms with Crippen LogP contribution in [0.5, 0.6) is 0 Å². The molecular weight excluding hydrogens is 398 g/mol. The van der Waals surface area contributed by atoms with E-state index in [1.807, 2.05) is 6.07 Å². The maximum Gasteiger partial charge on any atom is 0.284 e. The van der Waals surface area contributed by atoms with Crippen molar-refractivity contribution >= 4 is 44.5 Å². The third kappa shape index (κ3) is 4.60. The molecule has 2 aromatic carbocycles. The first-order valence-electron chi connectivity index (χ1n) is 8.63. The lowest BCUT2D eigenvalue weighted by molar-refractivity contribution is -0.128. The van der Waals surface area contributed by atoms with Crippen LogP contribution >= 0.6 is 11.8 Å². The van der Waals surface area contributed by atoms with E-state index in [1.165, 1.54) is 17.0 Å². The summed E-state index contributed by atoms with van der Waals surface area (Å²) >= 11 is 0.998. The molecular formula is C19H19N3O4S2. The van der Waals surface area contributed by atoms with Crippen molar-refractivity contribution in [3.05, 3.63) is 60.7 Å². The Hall–Kier alpha value is -2.65. The highest BCUT2D eigenvalue weighted by Crippen LogP contribution is 2.31. The molecule has 0 aliphatic carbocycles. The molecule has 28 heavy (non-hydrogen) atoms. The van der Waals surface area contributed by atoms with Crippen LogP contribution in [0.15, 0.2) is 70.0 Å². The van der Waals surface area contributed by atoms with E-state index in [0.29, 0.717) is 5.69 Å². The number of amidine groups is 1. The molecule has 0 bridgehead atoms. The number of anilines is 1. The lowest BCUT2D eigenvalue weighted by atomic mass is 10.2. The first-order chi connectivity index (χ1) is 13.4. The summed E-state index contributed by atoms with van der Waals surface area (Å²) in [5.74, 6) is -0.641. The quantitative estimate of drug-likeness (QED) is 0.780. The number of carbonyl (C=O) groups is 2. The van der Waals surface area contributed by atoms with Crippen molar-refractivity contribution in [3.8, 4) is 0 Å². The smallest absolute Gasteiger partial charge is 0.284 e. The van der Waals surface area contributed by atoms with Crippen LogP contribution in [-0.2, 0) is 19.6 Å². The number of carbonyl (C=O) groups excluding carboxylic acids is 2. The molecule has 0 saturated carbocycles. The van der Waals surface area contributed by atoms with Gasteiger partial charge in [-0.05, 0) is 31.2 Å². The summed E-state index contributed by atoms with van der Waals surface area (Å²) in [5.41, 5.74) is 0.635. The van der Waals surface area contributed by atoms with Gasteiger partial charge in [0, 0.05) is 18.7 Å². The number of sulfonamides is 1. The van der Waals surface area contributed by atoms with Crippen molar-refractivity contribution in [3.63, 3.8) is 0 Å². The predicted molar refractivity (Wildman–Crippen MR) is 110 cm³/mol. The minimum atomic E-state index is -3.94. The largest absolute Gasteiger partial charge is 0.326 e. The van der Waals surface area contributed by atoms with Gasteiger partial charge >= 0.3 is 0 Å². The molecule has 1 aliphatic rings. The number of rotatable bonds is 6. The molecule has 0 spiro atoms. The highest BCUT2D eigenvalue weighted by molar-refractivity contribution is 8.16. The third-order valence-corrected chi connectivity index (χ3v) is 6.58. The molecule has 1 aliphatic heterocycles. The summed E-state index contributed by atoms with van der Waals surface area (Å²) in [7, 11) is -3.94. The van der Waals surface area contributed by atoms with Gasteiger partial charge in [0.1, 0.15) is 5.25 Å². The van der Waals surface area contributed by atoms with Gasteiger partial charge in [0.15, 0.2) is 5.17 Å². The van der Waals surface area contributed by atoms with E-state index < -0.39 is 15.3 Å². The molecule has 2 aromatic rings. The first kappa shape index (κ1) is 20.1. The summed E-state index contributed by atoms with van der Waals surface area (Å²) in [6.45, 7) is 2.00. The Kier molecular flexibility index (Phi) is 6.15. The Balaban J connectivity index is 1.76. The monoisotopic (exact) mass is 417 g/mol. The van der Waals surface area contributed by atoms with Crippen molar-refractivity contribution in [1.82, 2.24) is 4.90 Å². The number of benzene rings is 2. The van der Waals surface area contributed by atoms with Gasteiger partial charge in [-0.15, -0.1) is 4.40 Å². The minimum absolute atomic E-state index is 0.0527. The Labute approximate surface area is 167 Å². The van der Waals surface area contributed by atoms with E-state index in [-0.39, 0.29) is 34.8 Å². The van der Waals surface area contributed by atoms with Crippen molar-refractivity contribution in [2.75, 3.05) is 11.9 Å². The topological polar surface area (TPSA) is 95.9 Å². The van der Waals surface area contributed by atoms with Gasteiger partial charge in [-0.1, -0.05) is 48.2 Å². The fraction of sp³-hybridized carbons (Fsp3) is 0.211. The zero-order chi connectivity index (χ0) is 20.1. The molecule has 3 rings (SSSR count). The molecule has 1 N–H and O–H groups in total. The standard InChI is InChI=1S/C19H19N3O4S2/c1-2-22-18(24)16(13-17(23)20-14-9-5-3-6-10-14)27-19(22)21-28(25,26)15-11-7-4-8-12-15/h3-12,16H,2,13H2,1H3,(H,20,23)/b21-19-. The van der Waals surface area contributed by atoms with Gasteiger partial charge in [-0.2, -0.15) is 8.42 Å². The van der Waals surface area contributed by atoms with Crippen LogP contribution in [-0.4, -0.2) is 42.1 Å². The van der Waals surface area contributed by atoms with Gasteiger partial charge in [-0.3, -0.25) is 14.5 Å². The number of nitrogens with one attached hydrogen (secondary N) is 1. The molecule has 1 unspecified atom stereocenters. The van der Waals surface area contributed by atoms with Gasteiger partial charge in [-0.25, -0.2) is 0 Å². The van der Waals surface area contributed by atoms with Crippen LogP contribution in [0.4, 0.5) is 5.69 Å². The SMILES string of the molecule is CCN1C(=O)C(CC(=O)Nc2ccccc2)S/C1=N\S(=O)(=O)c1ccccc1. The highest BCUT2D eigenvalue weighted by Gasteiger charge is 2.39. The number of para-hydroxylation sites is 1. The zero-order valence-corrected chi connectivity index (χ0v) is 16.7. The summed E-state index contributed by atoms with van der Waals surface area (Å²) in [5, 5.41) is 2.11. The van der Waals surface area contributed by atoms with Gasteiger partial charge in [0.2, 0.25) is 11.8 Å². The zero-order valence-electron chi connectivity index (χ0n) is 15.1. The summed E-state index contributed by atoms with van der Waals surface area (Å²) in [6.07, 6.45) is -0.0701. The van der Waals surface area contributed by atoms with Gasteiger partial charge in [0.25, 0.3) is 10.0 Å². The van der Waals surface area contributed by atoms with E-state index in [0.717, 1.165) is 11.8 Å². The fourth-order valence-corrected chi connectivity index (χ4v) is 5.09. The van der Waals surface area contributed by atoms with Crippen LogP contribution in [0, 0.1) is 0 Å². The summed E-state index contributed by atoms with van der Waals surface area (Å²) < 4.78 is 28.9. The number of amides is 2. The van der Waals surface area contributed by atoms with E-state index in [9.17, 15) is 18.0 Å². The van der Waals surface area contributed by atoms with Crippen LogP contribution in [0.2, 0.25) is 0 Å². The Morgan fingerprint density at radius 1 is 1.11 bits per heavy atom. The maximum absolute atomic E-state index is 12.6. The van der Waals surface area contributed by atoms with Crippen molar-refractivity contribution < 1.29 is 18.0 Å². The summed E-state index contributed by atoms with van der Waals surface area (Å²) in [4.78, 5) is 26.2. The van der Waals surface area contributed by atoms with Crippen molar-refractivity contribution in [2.45, 2.75) is 23.5 Å². The Morgan fingerprint density at radius 2 is 1.71 bits per heavy atom. The second kappa shape index (κ2) is 8.57. The maximum atomic E-state index is 12.6. The van der Waals surface area contributed by atoms with E-state index >= 15 is 0 Å². The van der Waals surface area contributed by atoms with Crippen LogP contribution in [0.25, 0.3) is 0 Å². The van der Waals surface area contributed by atoms with E-state index in [2.05, 4.69) is 9.71 Å². The molecule has 0 aromatic heterocycles. The van der Waals surface area contributed by atoms with Gasteiger partial charge < -0.3 is 5.32 Å². The van der Waals surface area contributed by atoms with Crippen molar-refractivity contribution in [1.29, 1.82) is 0 Å². The minimum Gasteiger partial charge on any atom is -0.326 e. The first-order valence-corrected chi connectivity index (χ1v) is 11.0. The number of hydrogen-bond acceptors (Lipinski definition) is 5. The van der Waals surface area contributed by atoms with E-state index in [4.69, 9.17) is 0 Å². The molecule has 1 atom stereocenters. The molecule has 7 nitrogen and oxygen atoms in total. The number of nitrogens with zero attached hydrogens (tertiary/aromatic N) is 2. The normalized spacial score (nSPS) is 18.5. The number of hydrogen-bond donors (Lipinski definition) is 1. The molecule has 1 heterocycles. The molecule has 0 radical (unpaired) electrons. The van der Waals surface area contributed by atoms with Crippen LogP contribution < -0.4 is 5.32 Å². The Morgan fingerprint density at radius 3 is 2.32 bits per heavy atom. The van der Waals surface area contributed by atoms with Crippen molar-refractivity contribution in [2.24, 2.45) is 4.40 Å². The van der Waals surface area contributed by atoms with Crippen LogP contribution in [0.3, 0.4) is 0 Å². The summed E-state index contributed by atoms with van der Waals surface area (Å²) in [6, 6.07) is 16.7.